The highest BCUT2D eigenvalue weighted by molar-refractivity contribution is 7.89. The number of methoxy groups -OCH3 is 2. The number of ether oxygens (including phenoxy) is 3. The first-order valence-electron chi connectivity index (χ1n) is 15.1. The number of fused-ring (bicyclic) bond motifs is 1. The predicted octanol–water partition coefficient (Wildman–Crippen LogP) is 5.27. The number of carbonyl (C=O) groups excluding carboxylic acids is 1. The molecule has 0 aliphatic carbocycles. The Morgan fingerprint density at radius 3 is 2.16 bits per heavy atom. The van der Waals surface area contributed by atoms with Gasteiger partial charge in [0, 0.05) is 44.8 Å². The van der Waals surface area contributed by atoms with Gasteiger partial charge in [-0.15, -0.1) is 0 Å². The zero-order chi connectivity index (χ0) is 30.8. The van der Waals surface area contributed by atoms with Crippen LogP contribution in [0.25, 0.3) is 10.2 Å². The van der Waals surface area contributed by atoms with Crippen molar-refractivity contribution in [3.63, 3.8) is 0 Å². The number of rotatable bonds is 16. The van der Waals surface area contributed by atoms with Crippen LogP contribution in [0.1, 0.15) is 56.3 Å². The van der Waals surface area contributed by atoms with Gasteiger partial charge in [-0.2, -0.15) is 4.31 Å². The van der Waals surface area contributed by atoms with E-state index >= 15 is 0 Å². The van der Waals surface area contributed by atoms with Crippen LogP contribution >= 0.6 is 11.3 Å². The molecular weight excluding hydrogens is 588 g/mol. The number of hydrogen-bond donors (Lipinski definition) is 0. The summed E-state index contributed by atoms with van der Waals surface area (Å²) in [6, 6.07) is 9.94. The van der Waals surface area contributed by atoms with Gasteiger partial charge in [0.2, 0.25) is 10.0 Å². The molecule has 236 valence electrons. The van der Waals surface area contributed by atoms with Crippen molar-refractivity contribution in [2.45, 2.75) is 50.8 Å². The largest absolute Gasteiger partial charge is 0.495 e. The lowest BCUT2D eigenvalue weighted by Gasteiger charge is -2.27. The first-order chi connectivity index (χ1) is 20.8. The first-order valence-corrected chi connectivity index (χ1v) is 17.3. The van der Waals surface area contributed by atoms with Gasteiger partial charge >= 0.3 is 0 Å². The monoisotopic (exact) mass is 632 g/mol. The van der Waals surface area contributed by atoms with Gasteiger partial charge in [-0.3, -0.25) is 14.6 Å². The number of nitrogens with zero attached hydrogens (tertiary/aromatic N) is 4. The Hall–Kier alpha value is -2.77. The lowest BCUT2D eigenvalue weighted by Crippen LogP contribution is -2.39. The van der Waals surface area contributed by atoms with E-state index in [0.717, 1.165) is 56.4 Å². The van der Waals surface area contributed by atoms with Crippen LogP contribution in [0.5, 0.6) is 11.5 Å². The first kappa shape index (κ1) is 33.1. The molecule has 2 heterocycles. The lowest BCUT2D eigenvalue weighted by molar-refractivity contribution is 0.0376. The second kappa shape index (κ2) is 15.8. The van der Waals surface area contributed by atoms with E-state index in [9.17, 15) is 13.2 Å². The number of benzene rings is 2. The summed E-state index contributed by atoms with van der Waals surface area (Å²) < 4.78 is 45.9. The molecule has 0 N–H and O–H groups in total. The van der Waals surface area contributed by atoms with Gasteiger partial charge in [-0.05, 0) is 55.7 Å². The van der Waals surface area contributed by atoms with E-state index in [4.69, 9.17) is 19.2 Å². The van der Waals surface area contributed by atoms with Gasteiger partial charge in [0.05, 0.1) is 32.3 Å². The number of sulfonamides is 1. The summed E-state index contributed by atoms with van der Waals surface area (Å²) in [4.78, 5) is 23.1. The normalized spacial score (nSPS) is 14.3. The number of aromatic nitrogens is 1. The van der Waals surface area contributed by atoms with Crippen LogP contribution in [0.4, 0.5) is 5.13 Å². The zero-order valence-corrected chi connectivity index (χ0v) is 27.3. The van der Waals surface area contributed by atoms with Crippen molar-refractivity contribution in [3.8, 4) is 11.5 Å². The minimum atomic E-state index is -3.67. The molecular formula is C31H44N4O6S2. The molecule has 1 aliphatic rings. The van der Waals surface area contributed by atoms with Gasteiger partial charge < -0.3 is 14.2 Å². The molecule has 1 amide bonds. The molecule has 0 saturated carbocycles. The second-order valence-electron chi connectivity index (χ2n) is 10.5. The summed E-state index contributed by atoms with van der Waals surface area (Å²) in [5.74, 6) is 1.02. The summed E-state index contributed by atoms with van der Waals surface area (Å²) in [6.07, 6.45) is 4.17. The maximum Gasteiger partial charge on any atom is 0.260 e. The van der Waals surface area contributed by atoms with Crippen molar-refractivity contribution in [2.24, 2.45) is 0 Å². The Labute approximate surface area is 259 Å². The average Bonchev–Trinajstić information content (AvgIpc) is 3.48. The number of anilines is 1. The maximum atomic E-state index is 14.0. The molecule has 10 nitrogen and oxygen atoms in total. The van der Waals surface area contributed by atoms with Crippen molar-refractivity contribution < 1.29 is 27.4 Å². The minimum Gasteiger partial charge on any atom is -0.495 e. The van der Waals surface area contributed by atoms with E-state index in [1.807, 2.05) is 6.07 Å². The fraction of sp³-hybridized carbons (Fsp3) is 0.548. The third-order valence-electron chi connectivity index (χ3n) is 7.60. The predicted molar refractivity (Wildman–Crippen MR) is 171 cm³/mol. The van der Waals surface area contributed by atoms with Crippen LogP contribution in [-0.4, -0.2) is 95.2 Å². The van der Waals surface area contributed by atoms with Gasteiger partial charge in [-0.25, -0.2) is 13.4 Å². The summed E-state index contributed by atoms with van der Waals surface area (Å²) in [5.41, 5.74) is 1.03. The molecule has 1 aromatic heterocycles. The zero-order valence-electron chi connectivity index (χ0n) is 25.7. The Morgan fingerprint density at radius 1 is 0.930 bits per heavy atom. The third-order valence-corrected chi connectivity index (χ3v) is 10.6. The van der Waals surface area contributed by atoms with Gasteiger partial charge in [0.25, 0.3) is 5.91 Å². The van der Waals surface area contributed by atoms with Crippen molar-refractivity contribution in [1.82, 2.24) is 14.2 Å². The van der Waals surface area contributed by atoms with E-state index in [-0.39, 0.29) is 10.8 Å². The molecule has 4 rings (SSSR count). The average molecular weight is 633 g/mol. The summed E-state index contributed by atoms with van der Waals surface area (Å²) in [6.45, 7) is 9.51. The molecule has 0 radical (unpaired) electrons. The Balaban J connectivity index is 1.62. The van der Waals surface area contributed by atoms with Gasteiger partial charge in [0.1, 0.15) is 21.7 Å². The van der Waals surface area contributed by atoms with Crippen LogP contribution in [-0.2, 0) is 14.8 Å². The molecule has 0 spiro atoms. The molecule has 1 saturated heterocycles. The quantitative estimate of drug-likeness (QED) is 0.211. The standard InChI is InChI=1S/C31H44N4O6S2/c1-5-7-17-34(18-8-6-2)43(37,38)25-12-10-24(11-13-25)30(36)35(19-9-16-33-20-22-41-23-21-33)31-32-28-26(39-3)14-15-27(40-4)29(28)42-31/h10-15H,5-9,16-23H2,1-4H3. The topological polar surface area (TPSA) is 102 Å². The number of morpholine rings is 1. The number of carbonyl (C=O) groups is 1. The number of unbranched alkanes of at least 4 members (excludes halogenated alkanes) is 2. The highest BCUT2D eigenvalue weighted by Crippen LogP contribution is 2.40. The molecule has 0 atom stereocenters. The lowest BCUT2D eigenvalue weighted by atomic mass is 10.2. The Kier molecular flexibility index (Phi) is 12.2. The van der Waals surface area contributed by atoms with E-state index in [1.165, 1.54) is 11.3 Å². The minimum absolute atomic E-state index is 0.199. The number of thiazole rings is 1. The number of hydrogen-bond acceptors (Lipinski definition) is 9. The van der Waals surface area contributed by atoms with Crippen LogP contribution in [0, 0.1) is 0 Å². The maximum absolute atomic E-state index is 14.0. The SMILES string of the molecule is CCCCN(CCCC)S(=O)(=O)c1ccc(C(=O)N(CCCN2CCOCC2)c2nc3c(OC)ccc(OC)c3s2)cc1. The van der Waals surface area contributed by atoms with Crippen molar-refractivity contribution in [1.29, 1.82) is 0 Å². The molecule has 0 unspecified atom stereocenters. The number of amides is 1. The molecule has 12 heteroatoms. The van der Waals surface area contributed by atoms with Gasteiger partial charge in [0.15, 0.2) is 5.13 Å². The Morgan fingerprint density at radius 2 is 1.56 bits per heavy atom. The van der Waals surface area contributed by atoms with Crippen molar-refractivity contribution >= 4 is 42.6 Å². The smallest absolute Gasteiger partial charge is 0.260 e. The molecule has 1 fully saturated rings. The van der Waals surface area contributed by atoms with Crippen molar-refractivity contribution in [3.05, 3.63) is 42.0 Å². The molecule has 1 aliphatic heterocycles. The van der Waals surface area contributed by atoms with E-state index in [1.54, 1.807) is 53.8 Å². The van der Waals surface area contributed by atoms with Crippen LogP contribution in [0.2, 0.25) is 0 Å². The highest BCUT2D eigenvalue weighted by Gasteiger charge is 2.27. The molecule has 43 heavy (non-hydrogen) atoms. The van der Waals surface area contributed by atoms with Crippen LogP contribution in [0.3, 0.4) is 0 Å². The van der Waals surface area contributed by atoms with E-state index < -0.39 is 10.0 Å². The summed E-state index contributed by atoms with van der Waals surface area (Å²) in [7, 11) is -0.471. The molecule has 2 aromatic carbocycles. The van der Waals surface area contributed by atoms with Gasteiger partial charge in [-0.1, -0.05) is 38.0 Å². The summed E-state index contributed by atoms with van der Waals surface area (Å²) >= 11 is 1.37. The molecule has 3 aromatic rings. The highest BCUT2D eigenvalue weighted by atomic mass is 32.2. The van der Waals surface area contributed by atoms with Crippen molar-refractivity contribution in [2.75, 3.05) is 71.6 Å². The third kappa shape index (κ3) is 8.04. The summed E-state index contributed by atoms with van der Waals surface area (Å²) in [5, 5.41) is 0.534. The van der Waals surface area contributed by atoms with E-state index in [0.29, 0.717) is 60.6 Å². The molecule has 0 bridgehead atoms. The second-order valence-corrected chi connectivity index (χ2v) is 13.5. The van der Waals surface area contributed by atoms with Crippen LogP contribution in [0.15, 0.2) is 41.3 Å². The Bertz CT molecular complexity index is 1390. The van der Waals surface area contributed by atoms with Crippen LogP contribution < -0.4 is 14.4 Å². The fourth-order valence-corrected chi connectivity index (χ4v) is 7.66. The van der Waals surface area contributed by atoms with E-state index in [2.05, 4.69) is 18.7 Å². The fourth-order valence-electron chi connectivity index (χ4n) is 5.05.